The van der Waals surface area contributed by atoms with Gasteiger partial charge >= 0.3 is 24.8 Å². The Morgan fingerprint density at radius 1 is 1.33 bits per heavy atom. The first-order valence-electron chi connectivity index (χ1n) is 2.96. The van der Waals surface area contributed by atoms with Gasteiger partial charge in [-0.2, -0.15) is 36.4 Å². The molecule has 1 rings (SSSR count). The molecule has 2 nitrogen and oxygen atoms in total. The molecule has 12 heavy (non-hydrogen) atoms. The van der Waals surface area contributed by atoms with Gasteiger partial charge < -0.3 is 5.11 Å². The molecule has 1 aromatic carbocycles. The summed E-state index contributed by atoms with van der Waals surface area (Å²) in [6.45, 7) is 0. The predicted octanol–water partition coefficient (Wildman–Crippen LogP) is -1.04. The maximum Gasteiger partial charge on any atom is 1.00 e. The first kappa shape index (κ1) is 14.3. The van der Waals surface area contributed by atoms with Crippen LogP contribution in [0, 0.1) is 6.07 Å². The summed E-state index contributed by atoms with van der Waals surface area (Å²) in [6.07, 6.45) is 0. The van der Waals surface area contributed by atoms with E-state index in [1.165, 1.54) is 0 Å². The van der Waals surface area contributed by atoms with E-state index >= 15 is 0 Å². The standard InChI is InChI=1S/C6H5.C2H3BrO2.Li/c1-2-4-6-5-3-1;3-1-2(4)5;/h1-5H;1H2,(H,4,5);/q-1;;+1. The average molecular weight is 223 g/mol. The normalized spacial score (nSPS) is 7.08. The number of aliphatic carboxylic acids is 1. The van der Waals surface area contributed by atoms with E-state index in [9.17, 15) is 4.79 Å². The van der Waals surface area contributed by atoms with Gasteiger partial charge in [0.15, 0.2) is 0 Å². The Morgan fingerprint density at radius 2 is 1.75 bits per heavy atom. The van der Waals surface area contributed by atoms with Crippen molar-refractivity contribution in [1.29, 1.82) is 0 Å². The van der Waals surface area contributed by atoms with Gasteiger partial charge in [-0.25, -0.2) is 0 Å². The third-order valence-corrected chi connectivity index (χ3v) is 1.20. The van der Waals surface area contributed by atoms with Gasteiger partial charge in [0.05, 0.1) is 0 Å². The van der Waals surface area contributed by atoms with Gasteiger partial charge in [0, 0.05) is 0 Å². The van der Waals surface area contributed by atoms with Crippen LogP contribution >= 0.6 is 15.9 Å². The summed E-state index contributed by atoms with van der Waals surface area (Å²) in [5.74, 6) is -0.829. The van der Waals surface area contributed by atoms with E-state index in [0.29, 0.717) is 0 Å². The minimum atomic E-state index is -0.829. The van der Waals surface area contributed by atoms with Gasteiger partial charge in [0.2, 0.25) is 0 Å². The van der Waals surface area contributed by atoms with Gasteiger partial charge in [0.1, 0.15) is 5.33 Å². The van der Waals surface area contributed by atoms with Crippen molar-refractivity contribution in [3.63, 3.8) is 0 Å². The third-order valence-electron chi connectivity index (χ3n) is 0.721. The van der Waals surface area contributed by atoms with Crippen LogP contribution in [0.5, 0.6) is 0 Å². The molecule has 0 unspecified atom stereocenters. The smallest absolute Gasteiger partial charge is 0.481 e. The molecule has 4 heteroatoms. The predicted molar refractivity (Wildman–Crippen MR) is 46.7 cm³/mol. The van der Waals surface area contributed by atoms with Crippen molar-refractivity contribution in [2.75, 3.05) is 5.33 Å². The van der Waals surface area contributed by atoms with Gasteiger partial charge in [-0.3, -0.25) is 4.79 Å². The Balaban J connectivity index is 0. The molecule has 0 amide bonds. The van der Waals surface area contributed by atoms with Gasteiger partial charge in [-0.1, -0.05) is 15.9 Å². The molecule has 0 atom stereocenters. The zero-order valence-electron chi connectivity index (χ0n) is 6.83. The minimum Gasteiger partial charge on any atom is -0.481 e. The van der Waals surface area contributed by atoms with Crippen LogP contribution in [0.3, 0.4) is 0 Å². The van der Waals surface area contributed by atoms with Crippen molar-refractivity contribution in [3.05, 3.63) is 36.4 Å². The van der Waals surface area contributed by atoms with Crippen LogP contribution in [-0.4, -0.2) is 16.4 Å². The number of rotatable bonds is 1. The number of alkyl halides is 1. The van der Waals surface area contributed by atoms with E-state index in [-0.39, 0.29) is 24.2 Å². The van der Waals surface area contributed by atoms with E-state index in [1.54, 1.807) is 0 Å². The summed E-state index contributed by atoms with van der Waals surface area (Å²) in [6, 6.07) is 12.5. The van der Waals surface area contributed by atoms with Crippen molar-refractivity contribution in [2.45, 2.75) is 0 Å². The fourth-order valence-corrected chi connectivity index (χ4v) is 0.342. The maximum absolute atomic E-state index is 9.32. The number of benzene rings is 1. The molecule has 0 fully saturated rings. The first-order valence-corrected chi connectivity index (χ1v) is 4.08. The molecule has 0 bridgehead atoms. The van der Waals surface area contributed by atoms with E-state index in [2.05, 4.69) is 22.0 Å². The Bertz CT molecular complexity index is 165. The van der Waals surface area contributed by atoms with Crippen LogP contribution in [0.2, 0.25) is 0 Å². The van der Waals surface area contributed by atoms with Crippen molar-refractivity contribution >= 4 is 21.9 Å². The number of hydrogen-bond acceptors (Lipinski definition) is 1. The summed E-state index contributed by atoms with van der Waals surface area (Å²) in [4.78, 5) is 9.32. The summed E-state index contributed by atoms with van der Waals surface area (Å²) < 4.78 is 0. The molecule has 0 saturated carbocycles. The van der Waals surface area contributed by atoms with Gasteiger partial charge in [0.25, 0.3) is 0 Å². The molecule has 0 aliphatic heterocycles. The largest absolute Gasteiger partial charge is 1.00 e. The van der Waals surface area contributed by atoms with Crippen LogP contribution in [0.15, 0.2) is 30.3 Å². The minimum absolute atomic E-state index is 0. The summed E-state index contributed by atoms with van der Waals surface area (Å²) >= 11 is 2.71. The van der Waals surface area contributed by atoms with Crippen LogP contribution < -0.4 is 18.9 Å². The number of hydrogen-bond donors (Lipinski definition) is 1. The molecule has 0 radical (unpaired) electrons. The molecular formula is C8H8BrLiO2. The fourth-order valence-electron chi connectivity index (χ4n) is 0.342. The van der Waals surface area contributed by atoms with Crippen LogP contribution in [0.25, 0.3) is 0 Å². The molecule has 0 aliphatic rings. The molecule has 0 aliphatic carbocycles. The summed E-state index contributed by atoms with van der Waals surface area (Å²) in [5.41, 5.74) is 0. The van der Waals surface area contributed by atoms with Crippen LogP contribution in [0.4, 0.5) is 0 Å². The Labute approximate surface area is 92.3 Å². The zero-order valence-corrected chi connectivity index (χ0v) is 8.41. The SMILES string of the molecule is O=C(O)CBr.[Li+].[c-]1ccccc1. The molecule has 1 aromatic rings. The third kappa shape index (κ3) is 12.4. The molecular weight excluding hydrogens is 215 g/mol. The van der Waals surface area contributed by atoms with Crippen molar-refractivity contribution in [1.82, 2.24) is 0 Å². The maximum atomic E-state index is 9.32. The quantitative estimate of drug-likeness (QED) is 0.375. The summed E-state index contributed by atoms with van der Waals surface area (Å²) in [7, 11) is 0. The first-order chi connectivity index (χ1) is 5.27. The van der Waals surface area contributed by atoms with E-state index < -0.39 is 5.97 Å². The Kier molecular flexibility index (Phi) is 12.8. The monoisotopic (exact) mass is 222 g/mol. The van der Waals surface area contributed by atoms with Crippen molar-refractivity contribution < 1.29 is 28.8 Å². The molecule has 0 heterocycles. The van der Waals surface area contributed by atoms with Crippen LogP contribution in [-0.2, 0) is 4.79 Å². The Hall–Kier alpha value is -0.233. The molecule has 0 saturated heterocycles. The average Bonchev–Trinajstić information content (AvgIpc) is 2.09. The van der Waals surface area contributed by atoms with Crippen LogP contribution in [0.1, 0.15) is 0 Å². The van der Waals surface area contributed by atoms with Crippen molar-refractivity contribution in [3.8, 4) is 0 Å². The molecule has 60 valence electrons. The topological polar surface area (TPSA) is 37.3 Å². The molecule has 1 N–H and O–H groups in total. The second kappa shape index (κ2) is 10.8. The second-order valence-corrected chi connectivity index (χ2v) is 2.17. The van der Waals surface area contributed by atoms with E-state index in [0.717, 1.165) is 0 Å². The number of carbonyl (C=O) groups is 1. The zero-order chi connectivity index (χ0) is 8.53. The number of carboxylic acids is 1. The fraction of sp³-hybridized carbons (Fsp3) is 0.125. The number of halogens is 1. The molecule has 0 aromatic heterocycles. The summed E-state index contributed by atoms with van der Waals surface area (Å²) in [5, 5.41) is 7.71. The Morgan fingerprint density at radius 3 is 1.83 bits per heavy atom. The van der Waals surface area contributed by atoms with E-state index in [1.807, 2.05) is 30.3 Å². The van der Waals surface area contributed by atoms with E-state index in [4.69, 9.17) is 5.11 Å². The van der Waals surface area contributed by atoms with Gasteiger partial charge in [-0.15, -0.1) is 0 Å². The molecule has 0 spiro atoms. The van der Waals surface area contributed by atoms with Crippen molar-refractivity contribution in [2.24, 2.45) is 0 Å². The van der Waals surface area contributed by atoms with Gasteiger partial charge in [-0.05, 0) is 0 Å². The second-order valence-electron chi connectivity index (χ2n) is 1.60. The number of carboxylic acid groups (broad SMARTS) is 1.